The third-order valence-corrected chi connectivity index (χ3v) is 5.29. The molecule has 0 bridgehead atoms. The van der Waals surface area contributed by atoms with Crippen LogP contribution < -0.4 is 0 Å². The van der Waals surface area contributed by atoms with Crippen molar-refractivity contribution in [1.82, 2.24) is 9.78 Å². The molecule has 2 rings (SSSR count). The molecule has 1 fully saturated rings. The van der Waals surface area contributed by atoms with Crippen LogP contribution >= 0.6 is 15.9 Å². The highest BCUT2D eigenvalue weighted by atomic mass is 79.9. The third-order valence-electron chi connectivity index (χ3n) is 4.26. The number of aryl methyl sites for hydroxylation is 2. The highest BCUT2D eigenvalue weighted by Crippen LogP contribution is 2.40. The number of halogens is 1. The van der Waals surface area contributed by atoms with E-state index in [1.165, 1.54) is 18.5 Å². The molecule has 1 saturated carbocycles. The monoisotopic (exact) mass is 342 g/mol. The Bertz CT molecular complexity index is 467. The summed E-state index contributed by atoms with van der Waals surface area (Å²) in [5.41, 5.74) is 2.62. The zero-order valence-electron chi connectivity index (χ0n) is 13.4. The van der Waals surface area contributed by atoms with Gasteiger partial charge in [-0.3, -0.25) is 4.68 Å². The Labute approximate surface area is 131 Å². The number of nitrogens with zero attached hydrogens (tertiary/aromatic N) is 2. The zero-order valence-corrected chi connectivity index (χ0v) is 15.0. The van der Waals surface area contributed by atoms with E-state index in [1.807, 2.05) is 11.6 Å². The standard InChI is InChI=1S/C16H27BrN2O/c1-6-19-14(15(17)12(3)18-19)10-20-13-7-11(2)8-16(4,5)9-13/h11,13H,6-10H2,1-5H3. The van der Waals surface area contributed by atoms with Crippen LogP contribution in [0.5, 0.6) is 0 Å². The van der Waals surface area contributed by atoms with Gasteiger partial charge in [-0.05, 0) is 60.4 Å². The van der Waals surface area contributed by atoms with Gasteiger partial charge < -0.3 is 4.74 Å². The number of rotatable bonds is 4. The Morgan fingerprint density at radius 2 is 2.10 bits per heavy atom. The molecule has 0 spiro atoms. The van der Waals surface area contributed by atoms with Gasteiger partial charge in [0.05, 0.1) is 28.6 Å². The lowest BCUT2D eigenvalue weighted by Gasteiger charge is -2.38. The van der Waals surface area contributed by atoms with Gasteiger partial charge in [-0.15, -0.1) is 0 Å². The quantitative estimate of drug-likeness (QED) is 0.792. The van der Waals surface area contributed by atoms with Gasteiger partial charge in [-0.25, -0.2) is 0 Å². The molecule has 1 heterocycles. The Hall–Kier alpha value is -0.350. The molecule has 0 aromatic carbocycles. The van der Waals surface area contributed by atoms with Crippen LogP contribution in [0.25, 0.3) is 0 Å². The van der Waals surface area contributed by atoms with Crippen LogP contribution in [0.4, 0.5) is 0 Å². The van der Waals surface area contributed by atoms with Crippen LogP contribution in [0.3, 0.4) is 0 Å². The molecular weight excluding hydrogens is 316 g/mol. The molecule has 4 heteroatoms. The van der Waals surface area contributed by atoms with Crippen LogP contribution in [0.2, 0.25) is 0 Å². The van der Waals surface area contributed by atoms with Crippen molar-refractivity contribution in [3.63, 3.8) is 0 Å². The lowest BCUT2D eigenvalue weighted by Crippen LogP contribution is -2.32. The normalized spacial score (nSPS) is 25.9. The minimum absolute atomic E-state index is 0.376. The molecule has 2 unspecified atom stereocenters. The highest BCUT2D eigenvalue weighted by Gasteiger charge is 2.32. The maximum atomic E-state index is 6.22. The molecule has 114 valence electrons. The molecule has 1 aliphatic rings. The summed E-state index contributed by atoms with van der Waals surface area (Å²) < 4.78 is 9.36. The minimum Gasteiger partial charge on any atom is -0.372 e. The fourth-order valence-electron chi connectivity index (χ4n) is 3.59. The van der Waals surface area contributed by atoms with Crippen molar-refractivity contribution in [2.45, 2.75) is 73.1 Å². The Morgan fingerprint density at radius 1 is 1.40 bits per heavy atom. The Balaban J connectivity index is 2.02. The van der Waals surface area contributed by atoms with Gasteiger partial charge in [-0.1, -0.05) is 20.8 Å². The van der Waals surface area contributed by atoms with E-state index in [4.69, 9.17) is 4.74 Å². The van der Waals surface area contributed by atoms with Gasteiger partial charge in [0.15, 0.2) is 0 Å². The van der Waals surface area contributed by atoms with E-state index in [0.717, 1.165) is 29.1 Å². The van der Waals surface area contributed by atoms with Crippen molar-refractivity contribution in [2.75, 3.05) is 0 Å². The summed E-state index contributed by atoms with van der Waals surface area (Å²) in [7, 11) is 0. The van der Waals surface area contributed by atoms with Gasteiger partial charge in [0.25, 0.3) is 0 Å². The summed E-state index contributed by atoms with van der Waals surface area (Å²) in [6, 6.07) is 0. The smallest absolute Gasteiger partial charge is 0.0900 e. The summed E-state index contributed by atoms with van der Waals surface area (Å²) in [5, 5.41) is 4.53. The molecule has 0 amide bonds. The van der Waals surface area contributed by atoms with Gasteiger partial charge in [0.2, 0.25) is 0 Å². The zero-order chi connectivity index (χ0) is 14.9. The molecule has 1 aromatic rings. The maximum Gasteiger partial charge on any atom is 0.0900 e. The lowest BCUT2D eigenvalue weighted by molar-refractivity contribution is -0.0339. The molecule has 0 aliphatic heterocycles. The average Bonchev–Trinajstić information content (AvgIpc) is 2.60. The summed E-state index contributed by atoms with van der Waals surface area (Å²) in [5.74, 6) is 0.755. The van der Waals surface area contributed by atoms with E-state index in [0.29, 0.717) is 18.1 Å². The van der Waals surface area contributed by atoms with Gasteiger partial charge in [-0.2, -0.15) is 5.10 Å². The first-order valence-electron chi connectivity index (χ1n) is 7.65. The average molecular weight is 343 g/mol. The third kappa shape index (κ3) is 3.64. The number of hydrogen-bond acceptors (Lipinski definition) is 2. The van der Waals surface area contributed by atoms with Gasteiger partial charge in [0.1, 0.15) is 0 Å². The second kappa shape index (κ2) is 6.18. The van der Waals surface area contributed by atoms with Crippen molar-refractivity contribution >= 4 is 15.9 Å². The Kier molecular flexibility index (Phi) is 4.96. The van der Waals surface area contributed by atoms with Crippen molar-refractivity contribution in [1.29, 1.82) is 0 Å². The van der Waals surface area contributed by atoms with Crippen LogP contribution in [0, 0.1) is 18.3 Å². The molecular formula is C16H27BrN2O. The molecule has 0 radical (unpaired) electrons. The van der Waals surface area contributed by atoms with Gasteiger partial charge in [0, 0.05) is 6.54 Å². The molecule has 2 atom stereocenters. The summed E-state index contributed by atoms with van der Waals surface area (Å²) in [4.78, 5) is 0. The van der Waals surface area contributed by atoms with Gasteiger partial charge >= 0.3 is 0 Å². The molecule has 0 saturated heterocycles. The molecule has 3 nitrogen and oxygen atoms in total. The first kappa shape index (κ1) is 16.0. The molecule has 20 heavy (non-hydrogen) atoms. The summed E-state index contributed by atoms with van der Waals surface area (Å²) >= 11 is 3.64. The van der Waals surface area contributed by atoms with Crippen LogP contribution in [-0.2, 0) is 17.9 Å². The largest absolute Gasteiger partial charge is 0.372 e. The van der Waals surface area contributed by atoms with E-state index in [1.54, 1.807) is 0 Å². The highest BCUT2D eigenvalue weighted by molar-refractivity contribution is 9.10. The molecule has 1 aromatic heterocycles. The van der Waals surface area contributed by atoms with Crippen LogP contribution in [-0.4, -0.2) is 15.9 Å². The molecule has 0 N–H and O–H groups in total. The number of ether oxygens (including phenoxy) is 1. The second-order valence-corrected chi connectivity index (χ2v) is 7.80. The van der Waals surface area contributed by atoms with Crippen molar-refractivity contribution in [3.05, 3.63) is 15.9 Å². The van der Waals surface area contributed by atoms with Crippen molar-refractivity contribution < 1.29 is 4.74 Å². The first-order chi connectivity index (χ1) is 9.32. The minimum atomic E-state index is 0.376. The van der Waals surface area contributed by atoms with Crippen LogP contribution in [0.15, 0.2) is 4.47 Å². The van der Waals surface area contributed by atoms with Crippen LogP contribution in [0.1, 0.15) is 58.3 Å². The summed E-state index contributed by atoms with van der Waals surface area (Å²) in [6.45, 7) is 12.7. The fraction of sp³-hybridized carbons (Fsp3) is 0.812. The van der Waals surface area contributed by atoms with E-state index in [2.05, 4.69) is 48.7 Å². The number of hydrogen-bond donors (Lipinski definition) is 0. The number of aromatic nitrogens is 2. The van der Waals surface area contributed by atoms with E-state index in [9.17, 15) is 0 Å². The Morgan fingerprint density at radius 3 is 2.70 bits per heavy atom. The SMILES string of the molecule is CCn1nc(C)c(Br)c1COC1CC(C)CC(C)(C)C1. The predicted molar refractivity (Wildman–Crippen MR) is 85.7 cm³/mol. The second-order valence-electron chi connectivity index (χ2n) is 7.01. The first-order valence-corrected chi connectivity index (χ1v) is 8.45. The van der Waals surface area contributed by atoms with E-state index in [-0.39, 0.29) is 0 Å². The maximum absolute atomic E-state index is 6.22. The predicted octanol–water partition coefficient (Wildman–Crippen LogP) is 4.71. The fourth-order valence-corrected chi connectivity index (χ4v) is 3.99. The molecule has 1 aliphatic carbocycles. The van der Waals surface area contributed by atoms with E-state index >= 15 is 0 Å². The topological polar surface area (TPSA) is 27.1 Å². The summed E-state index contributed by atoms with van der Waals surface area (Å²) in [6.07, 6.45) is 4.03. The van der Waals surface area contributed by atoms with Crippen molar-refractivity contribution in [3.8, 4) is 0 Å². The van der Waals surface area contributed by atoms with Crippen molar-refractivity contribution in [2.24, 2.45) is 11.3 Å². The lowest BCUT2D eigenvalue weighted by atomic mass is 9.71. The van der Waals surface area contributed by atoms with E-state index < -0.39 is 0 Å².